The van der Waals surface area contributed by atoms with Crippen LogP contribution in [0.2, 0.25) is 0 Å². The summed E-state index contributed by atoms with van der Waals surface area (Å²) in [5, 5.41) is 2.57. The average Bonchev–Trinajstić information content (AvgIpc) is 2.25. The molecule has 1 aromatic carbocycles. The quantitative estimate of drug-likeness (QED) is 0.772. The van der Waals surface area contributed by atoms with Crippen LogP contribution in [0.15, 0.2) is 18.2 Å². The van der Waals surface area contributed by atoms with E-state index >= 15 is 0 Å². The van der Waals surface area contributed by atoms with Crippen molar-refractivity contribution in [3.05, 3.63) is 29.6 Å². The average molecular weight is 226 g/mol. The van der Waals surface area contributed by atoms with Crippen molar-refractivity contribution in [2.45, 2.75) is 6.92 Å². The summed E-state index contributed by atoms with van der Waals surface area (Å²) in [7, 11) is 0. The van der Waals surface area contributed by atoms with Crippen molar-refractivity contribution in [2.75, 3.05) is 19.7 Å². The Kier molecular flexibility index (Phi) is 4.72. The Balaban J connectivity index is 2.45. The molecule has 0 radical (unpaired) electrons. The zero-order chi connectivity index (χ0) is 12.0. The third-order valence-corrected chi connectivity index (χ3v) is 1.96. The van der Waals surface area contributed by atoms with Gasteiger partial charge in [-0.1, -0.05) is 0 Å². The number of carbonyl (C=O) groups is 1. The summed E-state index contributed by atoms with van der Waals surface area (Å²) in [6.07, 6.45) is 0. The van der Waals surface area contributed by atoms with Gasteiger partial charge >= 0.3 is 0 Å². The molecule has 88 valence electrons. The highest BCUT2D eigenvalue weighted by Crippen LogP contribution is 2.17. The van der Waals surface area contributed by atoms with Crippen LogP contribution in [-0.2, 0) is 4.79 Å². The van der Waals surface area contributed by atoms with Crippen molar-refractivity contribution >= 4 is 5.91 Å². The van der Waals surface area contributed by atoms with Gasteiger partial charge in [0.15, 0.2) is 6.61 Å². The first-order valence-corrected chi connectivity index (χ1v) is 4.99. The van der Waals surface area contributed by atoms with E-state index in [1.54, 1.807) is 6.92 Å². The second-order valence-corrected chi connectivity index (χ2v) is 3.34. The number of carbonyl (C=O) groups excluding carboxylic acids is 1. The van der Waals surface area contributed by atoms with E-state index in [1.165, 1.54) is 18.2 Å². The molecule has 0 heterocycles. The monoisotopic (exact) mass is 226 g/mol. The molecule has 4 nitrogen and oxygen atoms in total. The van der Waals surface area contributed by atoms with E-state index < -0.39 is 0 Å². The minimum Gasteiger partial charge on any atom is -0.484 e. The van der Waals surface area contributed by atoms with E-state index in [2.05, 4.69) is 5.32 Å². The van der Waals surface area contributed by atoms with Crippen LogP contribution < -0.4 is 15.8 Å². The second kappa shape index (κ2) is 6.07. The number of hydrogen-bond donors (Lipinski definition) is 2. The summed E-state index contributed by atoms with van der Waals surface area (Å²) < 4.78 is 18.0. The van der Waals surface area contributed by atoms with Gasteiger partial charge in [-0.05, 0) is 30.7 Å². The third kappa shape index (κ3) is 3.86. The van der Waals surface area contributed by atoms with Crippen molar-refractivity contribution in [1.82, 2.24) is 5.32 Å². The first-order chi connectivity index (χ1) is 7.63. The van der Waals surface area contributed by atoms with Crippen LogP contribution in [0.3, 0.4) is 0 Å². The lowest BCUT2D eigenvalue weighted by Crippen LogP contribution is -2.32. The van der Waals surface area contributed by atoms with Crippen LogP contribution >= 0.6 is 0 Å². The second-order valence-electron chi connectivity index (χ2n) is 3.34. The Morgan fingerprint density at radius 1 is 1.56 bits per heavy atom. The van der Waals surface area contributed by atoms with Crippen LogP contribution in [0, 0.1) is 12.7 Å². The van der Waals surface area contributed by atoms with Crippen LogP contribution in [0.1, 0.15) is 5.56 Å². The molecule has 0 aliphatic heterocycles. The SMILES string of the molecule is Cc1cc(F)ccc1OCC(=O)NCCN. The predicted molar refractivity (Wildman–Crippen MR) is 58.7 cm³/mol. The molecule has 3 N–H and O–H groups in total. The van der Waals surface area contributed by atoms with Gasteiger partial charge in [0, 0.05) is 13.1 Å². The van der Waals surface area contributed by atoms with Gasteiger partial charge in [0.1, 0.15) is 11.6 Å². The van der Waals surface area contributed by atoms with E-state index in [4.69, 9.17) is 10.5 Å². The molecular weight excluding hydrogens is 211 g/mol. The summed E-state index contributed by atoms with van der Waals surface area (Å²) in [4.78, 5) is 11.2. The summed E-state index contributed by atoms with van der Waals surface area (Å²) in [5.74, 6) is -0.0593. The highest BCUT2D eigenvalue weighted by atomic mass is 19.1. The Bertz CT molecular complexity index is 369. The number of aryl methyl sites for hydroxylation is 1. The molecule has 0 aliphatic rings. The number of benzene rings is 1. The molecule has 1 aromatic rings. The largest absolute Gasteiger partial charge is 0.484 e. The highest BCUT2D eigenvalue weighted by Gasteiger charge is 2.04. The molecule has 0 fully saturated rings. The van der Waals surface area contributed by atoms with Gasteiger partial charge in [0.05, 0.1) is 0 Å². The van der Waals surface area contributed by atoms with Crippen molar-refractivity contribution in [3.63, 3.8) is 0 Å². The van der Waals surface area contributed by atoms with Crippen molar-refractivity contribution in [1.29, 1.82) is 0 Å². The fourth-order valence-electron chi connectivity index (χ4n) is 1.18. The molecule has 0 saturated heterocycles. The number of rotatable bonds is 5. The lowest BCUT2D eigenvalue weighted by atomic mass is 10.2. The van der Waals surface area contributed by atoms with Crippen molar-refractivity contribution in [2.24, 2.45) is 5.73 Å². The zero-order valence-electron chi connectivity index (χ0n) is 9.13. The molecule has 16 heavy (non-hydrogen) atoms. The fourth-order valence-corrected chi connectivity index (χ4v) is 1.18. The Morgan fingerprint density at radius 2 is 2.31 bits per heavy atom. The molecule has 0 unspecified atom stereocenters. The van der Waals surface area contributed by atoms with E-state index in [9.17, 15) is 9.18 Å². The van der Waals surface area contributed by atoms with Crippen LogP contribution in [0.4, 0.5) is 4.39 Å². The van der Waals surface area contributed by atoms with Gasteiger partial charge in [-0.3, -0.25) is 4.79 Å². The Morgan fingerprint density at radius 3 is 2.94 bits per heavy atom. The Labute approximate surface area is 93.6 Å². The van der Waals surface area contributed by atoms with Gasteiger partial charge < -0.3 is 15.8 Å². The van der Waals surface area contributed by atoms with Crippen LogP contribution in [0.5, 0.6) is 5.75 Å². The maximum atomic E-state index is 12.8. The number of ether oxygens (including phenoxy) is 1. The smallest absolute Gasteiger partial charge is 0.257 e. The van der Waals surface area contributed by atoms with Gasteiger partial charge in [-0.2, -0.15) is 0 Å². The lowest BCUT2D eigenvalue weighted by molar-refractivity contribution is -0.123. The minimum atomic E-state index is -0.322. The topological polar surface area (TPSA) is 64.3 Å². The minimum absolute atomic E-state index is 0.0908. The third-order valence-electron chi connectivity index (χ3n) is 1.96. The van der Waals surface area contributed by atoms with E-state index in [0.29, 0.717) is 24.4 Å². The lowest BCUT2D eigenvalue weighted by Gasteiger charge is -2.08. The highest BCUT2D eigenvalue weighted by molar-refractivity contribution is 5.77. The normalized spacial score (nSPS) is 9.94. The standard InChI is InChI=1S/C11H15FN2O2/c1-8-6-9(12)2-3-10(8)16-7-11(15)14-5-4-13/h2-3,6H,4-5,7,13H2,1H3,(H,14,15). The number of hydrogen-bond acceptors (Lipinski definition) is 3. The number of halogens is 1. The molecule has 0 atom stereocenters. The van der Waals surface area contributed by atoms with E-state index in [0.717, 1.165) is 0 Å². The van der Waals surface area contributed by atoms with Gasteiger partial charge in [-0.25, -0.2) is 4.39 Å². The maximum absolute atomic E-state index is 12.8. The first kappa shape index (κ1) is 12.4. The van der Waals surface area contributed by atoms with E-state index in [-0.39, 0.29) is 18.3 Å². The predicted octanol–water partition coefficient (Wildman–Crippen LogP) is 0.588. The van der Waals surface area contributed by atoms with Crippen LogP contribution in [0.25, 0.3) is 0 Å². The molecule has 0 aliphatic carbocycles. The molecular formula is C11H15FN2O2. The summed E-state index contributed by atoms with van der Waals surface area (Å²) >= 11 is 0. The van der Waals surface area contributed by atoms with Gasteiger partial charge in [-0.15, -0.1) is 0 Å². The van der Waals surface area contributed by atoms with Gasteiger partial charge in [0.2, 0.25) is 0 Å². The summed E-state index contributed by atoms with van der Waals surface area (Å²) in [5.41, 5.74) is 5.89. The molecule has 1 amide bonds. The molecule has 0 aromatic heterocycles. The van der Waals surface area contributed by atoms with Crippen LogP contribution in [-0.4, -0.2) is 25.6 Å². The van der Waals surface area contributed by atoms with Crippen molar-refractivity contribution in [3.8, 4) is 5.75 Å². The van der Waals surface area contributed by atoms with Gasteiger partial charge in [0.25, 0.3) is 5.91 Å². The molecule has 1 rings (SSSR count). The first-order valence-electron chi connectivity index (χ1n) is 4.99. The Hall–Kier alpha value is -1.62. The molecule has 0 saturated carbocycles. The molecule has 0 bridgehead atoms. The number of amides is 1. The zero-order valence-corrected chi connectivity index (χ0v) is 9.13. The maximum Gasteiger partial charge on any atom is 0.257 e. The molecule has 0 spiro atoms. The van der Waals surface area contributed by atoms with Crippen molar-refractivity contribution < 1.29 is 13.9 Å². The van der Waals surface area contributed by atoms with E-state index in [1.807, 2.05) is 0 Å². The summed E-state index contributed by atoms with van der Waals surface area (Å²) in [6.45, 7) is 2.44. The fraction of sp³-hybridized carbons (Fsp3) is 0.364. The number of nitrogens with one attached hydrogen (secondary N) is 1. The molecule has 5 heteroatoms. The number of nitrogens with two attached hydrogens (primary N) is 1. The summed E-state index contributed by atoms with van der Waals surface area (Å²) in [6, 6.07) is 4.15.